The van der Waals surface area contributed by atoms with E-state index in [2.05, 4.69) is 22.2 Å². The molecule has 0 spiro atoms. The molecule has 0 saturated carbocycles. The average Bonchev–Trinajstić information content (AvgIpc) is 2.39. The van der Waals surface area contributed by atoms with Gasteiger partial charge < -0.3 is 21.1 Å². The predicted molar refractivity (Wildman–Crippen MR) is 74.8 cm³/mol. The minimum atomic E-state index is 0.0792. The predicted octanol–water partition coefficient (Wildman–Crippen LogP) is 1.09. The molecule has 0 unspecified atom stereocenters. The van der Waals surface area contributed by atoms with Crippen molar-refractivity contribution in [3.8, 4) is 0 Å². The second-order valence-electron chi connectivity index (χ2n) is 4.04. The van der Waals surface area contributed by atoms with Crippen LogP contribution in [0.3, 0.4) is 0 Å². The first-order chi connectivity index (χ1) is 8.74. The molecule has 0 aliphatic rings. The highest BCUT2D eigenvalue weighted by Crippen LogP contribution is 2.25. The Kier molecular flexibility index (Phi) is 6.21. The first-order valence-corrected chi connectivity index (χ1v) is 6.44. The number of aliphatic hydroxyl groups is 1. The molecule has 0 atom stereocenters. The van der Waals surface area contributed by atoms with E-state index < -0.39 is 0 Å². The fourth-order valence-electron chi connectivity index (χ4n) is 1.70. The van der Waals surface area contributed by atoms with Gasteiger partial charge in [0.2, 0.25) is 0 Å². The van der Waals surface area contributed by atoms with Crippen molar-refractivity contribution < 1.29 is 5.11 Å². The van der Waals surface area contributed by atoms with E-state index in [0.717, 1.165) is 25.9 Å². The zero-order chi connectivity index (χ0) is 13.4. The summed E-state index contributed by atoms with van der Waals surface area (Å²) in [5, 5.41) is 12.2. The van der Waals surface area contributed by atoms with Crippen LogP contribution in [0.15, 0.2) is 6.33 Å². The van der Waals surface area contributed by atoms with Crippen LogP contribution >= 0.6 is 0 Å². The summed E-state index contributed by atoms with van der Waals surface area (Å²) in [5.41, 5.74) is 6.61. The Morgan fingerprint density at radius 2 is 2.17 bits per heavy atom. The average molecular weight is 253 g/mol. The minimum absolute atomic E-state index is 0.0792. The molecule has 1 heterocycles. The van der Waals surface area contributed by atoms with Crippen molar-refractivity contribution in [2.75, 3.05) is 42.2 Å². The quantitative estimate of drug-likeness (QED) is 0.601. The Hall–Kier alpha value is -1.56. The molecule has 6 nitrogen and oxygen atoms in total. The molecule has 0 aliphatic heterocycles. The molecule has 1 aromatic rings. The summed E-state index contributed by atoms with van der Waals surface area (Å²) in [6.45, 7) is 6.33. The number of aromatic nitrogens is 2. The van der Waals surface area contributed by atoms with E-state index in [4.69, 9.17) is 10.8 Å². The van der Waals surface area contributed by atoms with Crippen LogP contribution in [0.2, 0.25) is 0 Å². The van der Waals surface area contributed by atoms with E-state index in [1.807, 2.05) is 11.8 Å². The largest absolute Gasteiger partial charge is 0.395 e. The molecule has 0 aliphatic carbocycles. The van der Waals surface area contributed by atoms with Gasteiger partial charge in [0.05, 0.1) is 6.61 Å². The molecule has 0 aromatic carbocycles. The lowest BCUT2D eigenvalue weighted by molar-refractivity contribution is 0.302. The normalized spacial score (nSPS) is 10.4. The number of rotatable bonds is 8. The fourth-order valence-corrected chi connectivity index (χ4v) is 1.70. The number of nitrogens with one attached hydrogen (secondary N) is 1. The third-order valence-corrected chi connectivity index (χ3v) is 2.74. The van der Waals surface area contributed by atoms with E-state index in [9.17, 15) is 0 Å². The van der Waals surface area contributed by atoms with Gasteiger partial charge in [0.25, 0.3) is 0 Å². The van der Waals surface area contributed by atoms with E-state index in [-0.39, 0.29) is 6.61 Å². The van der Waals surface area contributed by atoms with Crippen LogP contribution in [-0.4, -0.2) is 41.3 Å². The van der Waals surface area contributed by atoms with Crippen molar-refractivity contribution in [2.45, 2.75) is 26.7 Å². The summed E-state index contributed by atoms with van der Waals surface area (Å²) in [4.78, 5) is 10.3. The molecule has 0 amide bonds. The van der Waals surface area contributed by atoms with E-state index in [1.165, 1.54) is 6.33 Å². The number of nitrogen functional groups attached to an aromatic ring is 1. The SMILES string of the molecule is CCCCNc1ncnc(N(CC)CCO)c1N. The summed E-state index contributed by atoms with van der Waals surface area (Å²) in [6.07, 6.45) is 3.70. The van der Waals surface area contributed by atoms with Gasteiger partial charge in [0.1, 0.15) is 12.0 Å². The fraction of sp³-hybridized carbons (Fsp3) is 0.667. The molecule has 1 aromatic heterocycles. The summed E-state index contributed by atoms with van der Waals surface area (Å²) in [6, 6.07) is 0. The molecule has 102 valence electrons. The van der Waals surface area contributed by atoms with Crippen molar-refractivity contribution in [3.05, 3.63) is 6.33 Å². The maximum absolute atomic E-state index is 9.02. The molecule has 0 saturated heterocycles. The van der Waals surface area contributed by atoms with Gasteiger partial charge in [-0.15, -0.1) is 0 Å². The number of hydrogen-bond acceptors (Lipinski definition) is 6. The Bertz CT molecular complexity index is 358. The van der Waals surface area contributed by atoms with Crippen LogP contribution in [0.25, 0.3) is 0 Å². The highest BCUT2D eigenvalue weighted by molar-refractivity contribution is 5.74. The third-order valence-electron chi connectivity index (χ3n) is 2.74. The standard InChI is InChI=1S/C12H23N5O/c1-3-5-6-14-11-10(13)12(16-9-15-11)17(4-2)7-8-18/h9,18H,3-8,13H2,1-2H3,(H,14,15,16). The molecule has 0 bridgehead atoms. The van der Waals surface area contributed by atoms with Crippen LogP contribution < -0.4 is 16.0 Å². The van der Waals surface area contributed by atoms with Gasteiger partial charge >= 0.3 is 0 Å². The van der Waals surface area contributed by atoms with Crippen molar-refractivity contribution in [2.24, 2.45) is 0 Å². The summed E-state index contributed by atoms with van der Waals surface area (Å²) >= 11 is 0. The summed E-state index contributed by atoms with van der Waals surface area (Å²) < 4.78 is 0. The van der Waals surface area contributed by atoms with Gasteiger partial charge in [0, 0.05) is 19.6 Å². The van der Waals surface area contributed by atoms with Crippen LogP contribution in [0, 0.1) is 0 Å². The van der Waals surface area contributed by atoms with Gasteiger partial charge in [0.15, 0.2) is 11.6 Å². The van der Waals surface area contributed by atoms with E-state index in [0.29, 0.717) is 23.9 Å². The maximum Gasteiger partial charge on any atom is 0.157 e. The first-order valence-electron chi connectivity index (χ1n) is 6.44. The second-order valence-corrected chi connectivity index (χ2v) is 4.04. The molecular weight excluding hydrogens is 230 g/mol. The molecule has 4 N–H and O–H groups in total. The zero-order valence-corrected chi connectivity index (χ0v) is 11.2. The van der Waals surface area contributed by atoms with Crippen LogP contribution in [0.5, 0.6) is 0 Å². The van der Waals surface area contributed by atoms with Gasteiger partial charge in [-0.1, -0.05) is 13.3 Å². The summed E-state index contributed by atoms with van der Waals surface area (Å²) in [5.74, 6) is 1.35. The van der Waals surface area contributed by atoms with Crippen LogP contribution in [0.4, 0.5) is 17.3 Å². The Morgan fingerprint density at radius 1 is 1.39 bits per heavy atom. The van der Waals surface area contributed by atoms with Gasteiger partial charge in [-0.2, -0.15) is 0 Å². The molecule has 0 radical (unpaired) electrons. The Balaban J connectivity index is 2.82. The van der Waals surface area contributed by atoms with Gasteiger partial charge in [-0.25, -0.2) is 9.97 Å². The maximum atomic E-state index is 9.02. The smallest absolute Gasteiger partial charge is 0.157 e. The zero-order valence-electron chi connectivity index (χ0n) is 11.2. The minimum Gasteiger partial charge on any atom is -0.395 e. The summed E-state index contributed by atoms with van der Waals surface area (Å²) in [7, 11) is 0. The number of nitrogens with two attached hydrogens (primary N) is 1. The monoisotopic (exact) mass is 253 g/mol. The second kappa shape index (κ2) is 7.71. The van der Waals surface area contributed by atoms with E-state index in [1.54, 1.807) is 0 Å². The molecule has 18 heavy (non-hydrogen) atoms. The van der Waals surface area contributed by atoms with E-state index >= 15 is 0 Å². The lowest BCUT2D eigenvalue weighted by atomic mass is 10.3. The Morgan fingerprint density at radius 3 is 2.78 bits per heavy atom. The number of aliphatic hydroxyl groups excluding tert-OH is 1. The number of unbranched alkanes of at least 4 members (excludes halogenated alkanes) is 1. The molecular formula is C12H23N5O. The third kappa shape index (κ3) is 3.73. The van der Waals surface area contributed by atoms with Gasteiger partial charge in [-0.05, 0) is 13.3 Å². The van der Waals surface area contributed by atoms with Crippen molar-refractivity contribution in [3.63, 3.8) is 0 Å². The number of likely N-dealkylation sites (N-methyl/N-ethyl adjacent to an activating group) is 1. The van der Waals surface area contributed by atoms with Crippen molar-refractivity contribution in [1.82, 2.24) is 9.97 Å². The molecule has 0 fully saturated rings. The Labute approximate surface area is 108 Å². The molecule has 1 rings (SSSR count). The highest BCUT2D eigenvalue weighted by Gasteiger charge is 2.13. The van der Waals surface area contributed by atoms with Crippen LogP contribution in [0.1, 0.15) is 26.7 Å². The first kappa shape index (κ1) is 14.5. The lowest BCUT2D eigenvalue weighted by Crippen LogP contribution is -2.28. The van der Waals surface area contributed by atoms with Crippen molar-refractivity contribution >= 4 is 17.3 Å². The number of anilines is 3. The number of hydrogen-bond donors (Lipinski definition) is 3. The topological polar surface area (TPSA) is 87.3 Å². The van der Waals surface area contributed by atoms with Gasteiger partial charge in [-0.3, -0.25) is 0 Å². The van der Waals surface area contributed by atoms with Crippen LogP contribution in [-0.2, 0) is 0 Å². The highest BCUT2D eigenvalue weighted by atomic mass is 16.3. The van der Waals surface area contributed by atoms with Crippen molar-refractivity contribution in [1.29, 1.82) is 0 Å². The number of nitrogens with zero attached hydrogens (tertiary/aromatic N) is 3. The molecule has 6 heteroatoms. The lowest BCUT2D eigenvalue weighted by Gasteiger charge is -2.23.